The van der Waals surface area contributed by atoms with E-state index in [0.717, 1.165) is 9.96 Å². The highest BCUT2D eigenvalue weighted by Crippen LogP contribution is 2.26. The summed E-state index contributed by atoms with van der Waals surface area (Å²) in [4.78, 5) is 1.12. The van der Waals surface area contributed by atoms with Crippen LogP contribution in [0.1, 0.15) is 0 Å². The number of hydrogen-bond donors (Lipinski definition) is 0. The van der Waals surface area contributed by atoms with Crippen molar-refractivity contribution in [1.82, 2.24) is 0 Å². The lowest BCUT2D eigenvalue weighted by molar-refractivity contribution is 0.665. The molecular formula is C10H8OS2. The summed E-state index contributed by atoms with van der Waals surface area (Å²) in [5, 5.41) is 2.94. The van der Waals surface area contributed by atoms with E-state index in [0.29, 0.717) is 0 Å². The minimum atomic E-state index is 0.939. The van der Waals surface area contributed by atoms with Crippen LogP contribution in [0.15, 0.2) is 52.7 Å². The summed E-state index contributed by atoms with van der Waals surface area (Å²) < 4.78 is 5.47. The van der Waals surface area contributed by atoms with Crippen LogP contribution < -0.4 is 4.18 Å². The Morgan fingerprint density at radius 2 is 1.85 bits per heavy atom. The molecule has 0 saturated heterocycles. The molecular weight excluding hydrogens is 200 g/mol. The van der Waals surface area contributed by atoms with E-state index in [9.17, 15) is 0 Å². The number of hydrogen-bond acceptors (Lipinski definition) is 3. The van der Waals surface area contributed by atoms with Crippen molar-refractivity contribution in [3.63, 3.8) is 0 Å². The SMILES string of the molecule is c1ccc(SOc2cccs2)cc1. The summed E-state index contributed by atoms with van der Waals surface area (Å²) in [6.45, 7) is 0. The Morgan fingerprint density at radius 3 is 2.54 bits per heavy atom. The lowest BCUT2D eigenvalue weighted by atomic mass is 10.4. The first-order chi connectivity index (χ1) is 6.45. The van der Waals surface area contributed by atoms with Crippen molar-refractivity contribution in [1.29, 1.82) is 0 Å². The highest BCUT2D eigenvalue weighted by molar-refractivity contribution is 7.95. The summed E-state index contributed by atoms with van der Waals surface area (Å²) in [6.07, 6.45) is 0. The first-order valence-corrected chi connectivity index (χ1v) is 5.50. The third-order valence-corrected chi connectivity index (χ3v) is 3.04. The average Bonchev–Trinajstić information content (AvgIpc) is 2.69. The Bertz CT molecular complexity index is 342. The Hall–Kier alpha value is -0.930. The molecule has 2 rings (SSSR count). The van der Waals surface area contributed by atoms with Gasteiger partial charge in [-0.3, -0.25) is 0 Å². The molecule has 0 N–H and O–H groups in total. The Balaban J connectivity index is 1.94. The largest absolute Gasteiger partial charge is 0.410 e. The van der Waals surface area contributed by atoms with Crippen molar-refractivity contribution in [2.45, 2.75) is 4.90 Å². The maximum atomic E-state index is 5.47. The van der Waals surface area contributed by atoms with Crippen LogP contribution in [0.5, 0.6) is 5.06 Å². The first-order valence-electron chi connectivity index (χ1n) is 3.88. The van der Waals surface area contributed by atoms with Gasteiger partial charge < -0.3 is 4.18 Å². The lowest BCUT2D eigenvalue weighted by Gasteiger charge is -1.99. The molecule has 0 amide bonds. The van der Waals surface area contributed by atoms with Gasteiger partial charge >= 0.3 is 0 Å². The molecule has 0 bridgehead atoms. The minimum absolute atomic E-state index is 0.939. The highest BCUT2D eigenvalue weighted by Gasteiger charge is 1.96. The van der Waals surface area contributed by atoms with Gasteiger partial charge in [0.15, 0.2) is 5.06 Å². The van der Waals surface area contributed by atoms with Gasteiger partial charge in [-0.05, 0) is 29.6 Å². The maximum absolute atomic E-state index is 5.47. The zero-order chi connectivity index (χ0) is 8.93. The van der Waals surface area contributed by atoms with Crippen LogP contribution in [0.3, 0.4) is 0 Å². The van der Waals surface area contributed by atoms with E-state index < -0.39 is 0 Å². The molecule has 0 fully saturated rings. The molecule has 0 radical (unpaired) electrons. The van der Waals surface area contributed by atoms with E-state index >= 15 is 0 Å². The van der Waals surface area contributed by atoms with E-state index in [-0.39, 0.29) is 0 Å². The molecule has 13 heavy (non-hydrogen) atoms. The summed E-state index contributed by atoms with van der Waals surface area (Å²) >= 11 is 2.99. The van der Waals surface area contributed by atoms with Crippen molar-refractivity contribution < 1.29 is 4.18 Å². The quantitative estimate of drug-likeness (QED) is 0.709. The molecule has 3 heteroatoms. The zero-order valence-corrected chi connectivity index (χ0v) is 8.48. The van der Waals surface area contributed by atoms with Crippen LogP contribution in [0.4, 0.5) is 0 Å². The fourth-order valence-corrected chi connectivity index (χ4v) is 2.09. The first kappa shape index (κ1) is 8.66. The molecule has 1 aromatic heterocycles. The van der Waals surface area contributed by atoms with E-state index in [1.165, 1.54) is 12.0 Å². The van der Waals surface area contributed by atoms with Crippen molar-refractivity contribution >= 4 is 23.4 Å². The van der Waals surface area contributed by atoms with Crippen molar-refractivity contribution in [3.05, 3.63) is 47.8 Å². The molecule has 0 aliphatic heterocycles. The third-order valence-electron chi connectivity index (χ3n) is 1.46. The Labute approximate surface area is 85.6 Å². The predicted molar refractivity (Wildman–Crippen MR) is 57.2 cm³/mol. The smallest absolute Gasteiger partial charge is 0.191 e. The van der Waals surface area contributed by atoms with Gasteiger partial charge in [-0.15, -0.1) is 11.3 Å². The number of thiophene rings is 1. The standard InChI is InChI=1S/C10H8OS2/c1-2-5-9(6-3-1)13-11-10-7-4-8-12-10/h1-8H. The summed E-state index contributed by atoms with van der Waals surface area (Å²) in [6, 6.07) is 14.0. The molecule has 0 atom stereocenters. The second kappa shape index (κ2) is 4.35. The van der Waals surface area contributed by atoms with Crippen molar-refractivity contribution in [3.8, 4) is 5.06 Å². The second-order valence-corrected chi connectivity index (χ2v) is 4.13. The van der Waals surface area contributed by atoms with E-state index in [1.807, 2.05) is 47.8 Å². The van der Waals surface area contributed by atoms with Gasteiger partial charge in [0.1, 0.15) is 0 Å². The van der Waals surface area contributed by atoms with Crippen LogP contribution in [0, 0.1) is 0 Å². The van der Waals surface area contributed by atoms with Gasteiger partial charge in [0.05, 0.1) is 12.0 Å². The van der Waals surface area contributed by atoms with E-state index in [2.05, 4.69) is 0 Å². The second-order valence-electron chi connectivity index (χ2n) is 2.41. The van der Waals surface area contributed by atoms with E-state index in [4.69, 9.17) is 4.18 Å². The zero-order valence-electron chi connectivity index (χ0n) is 6.84. The molecule has 0 aliphatic rings. The van der Waals surface area contributed by atoms with Gasteiger partial charge in [-0.1, -0.05) is 18.2 Å². The predicted octanol–water partition coefficient (Wildman–Crippen LogP) is 3.83. The summed E-state index contributed by atoms with van der Waals surface area (Å²) in [5.41, 5.74) is 0. The van der Waals surface area contributed by atoms with Gasteiger partial charge in [-0.25, -0.2) is 0 Å². The maximum Gasteiger partial charge on any atom is 0.191 e. The highest BCUT2D eigenvalue weighted by atomic mass is 32.2. The van der Waals surface area contributed by atoms with Crippen molar-refractivity contribution in [2.75, 3.05) is 0 Å². The van der Waals surface area contributed by atoms with Crippen LogP contribution in [-0.2, 0) is 0 Å². The van der Waals surface area contributed by atoms with Crippen LogP contribution in [-0.4, -0.2) is 0 Å². The van der Waals surface area contributed by atoms with E-state index in [1.54, 1.807) is 11.3 Å². The molecule has 0 aliphatic carbocycles. The normalized spacial score (nSPS) is 9.85. The molecule has 0 unspecified atom stereocenters. The molecule has 2 aromatic rings. The van der Waals surface area contributed by atoms with Gasteiger partial charge in [0.25, 0.3) is 0 Å². The third kappa shape index (κ3) is 2.50. The molecule has 1 aromatic carbocycles. The van der Waals surface area contributed by atoms with Crippen LogP contribution in [0.2, 0.25) is 0 Å². The van der Waals surface area contributed by atoms with Gasteiger partial charge in [0.2, 0.25) is 0 Å². The monoisotopic (exact) mass is 208 g/mol. The fraction of sp³-hybridized carbons (Fsp3) is 0. The molecule has 0 spiro atoms. The lowest BCUT2D eigenvalue weighted by Crippen LogP contribution is -1.76. The minimum Gasteiger partial charge on any atom is -0.410 e. The molecule has 1 heterocycles. The molecule has 0 saturated carbocycles. The van der Waals surface area contributed by atoms with Gasteiger partial charge in [0, 0.05) is 4.90 Å². The fourth-order valence-electron chi connectivity index (χ4n) is 0.876. The van der Waals surface area contributed by atoms with Crippen LogP contribution in [0.25, 0.3) is 0 Å². The van der Waals surface area contributed by atoms with Crippen molar-refractivity contribution in [2.24, 2.45) is 0 Å². The Kier molecular flexibility index (Phi) is 2.90. The molecule has 1 nitrogen and oxygen atoms in total. The van der Waals surface area contributed by atoms with Gasteiger partial charge in [-0.2, -0.15) is 0 Å². The average molecular weight is 208 g/mol. The summed E-state index contributed by atoms with van der Waals surface area (Å²) in [7, 11) is 0. The molecule has 66 valence electrons. The summed E-state index contributed by atoms with van der Waals surface area (Å²) in [5.74, 6) is 0. The number of benzene rings is 1. The van der Waals surface area contributed by atoms with Crippen LogP contribution >= 0.6 is 23.4 Å². The Morgan fingerprint density at radius 1 is 1.00 bits per heavy atom. The number of rotatable bonds is 3. The topological polar surface area (TPSA) is 9.23 Å².